The molecular weight excluding hydrogens is 467 g/mol. The maximum atomic E-state index is 13.3. The third-order valence-electron chi connectivity index (χ3n) is 7.12. The minimum Gasteiger partial charge on any atom is -0.388 e. The molecule has 11 heteroatoms. The van der Waals surface area contributed by atoms with E-state index in [1.807, 2.05) is 0 Å². The van der Waals surface area contributed by atoms with Gasteiger partial charge in [0.15, 0.2) is 5.65 Å². The van der Waals surface area contributed by atoms with Gasteiger partial charge in [-0.25, -0.2) is 14.1 Å². The van der Waals surface area contributed by atoms with Gasteiger partial charge in [0, 0.05) is 25.0 Å². The highest BCUT2D eigenvalue weighted by Crippen LogP contribution is 2.32. The molecule has 2 aromatic heterocycles. The first-order valence-electron chi connectivity index (χ1n) is 11.9. The van der Waals surface area contributed by atoms with Crippen LogP contribution in [0.3, 0.4) is 0 Å². The van der Waals surface area contributed by atoms with E-state index in [0.29, 0.717) is 55.5 Å². The van der Waals surface area contributed by atoms with E-state index in [1.165, 1.54) is 40.0 Å². The van der Waals surface area contributed by atoms with Crippen molar-refractivity contribution in [2.75, 3.05) is 13.1 Å². The molecule has 1 saturated heterocycles. The van der Waals surface area contributed by atoms with Crippen molar-refractivity contribution in [3.63, 3.8) is 0 Å². The highest BCUT2D eigenvalue weighted by molar-refractivity contribution is 5.87. The van der Waals surface area contributed by atoms with Crippen LogP contribution in [-0.4, -0.2) is 65.9 Å². The molecule has 0 bridgehead atoms. The predicted octanol–water partition coefficient (Wildman–Crippen LogP) is 1.16. The van der Waals surface area contributed by atoms with Gasteiger partial charge >= 0.3 is 0 Å². The van der Waals surface area contributed by atoms with E-state index in [0.717, 1.165) is 0 Å². The van der Waals surface area contributed by atoms with Gasteiger partial charge in [0.05, 0.1) is 24.0 Å². The molecule has 2 N–H and O–H groups in total. The molecule has 5 rings (SSSR count). The lowest BCUT2D eigenvalue weighted by atomic mass is 9.78. The van der Waals surface area contributed by atoms with E-state index < -0.39 is 5.60 Å². The Hall–Kier alpha value is -3.86. The summed E-state index contributed by atoms with van der Waals surface area (Å²) >= 11 is 0. The number of fused-ring (bicyclic) bond motifs is 1. The van der Waals surface area contributed by atoms with Gasteiger partial charge in [-0.3, -0.25) is 19.0 Å². The largest absolute Gasteiger partial charge is 0.388 e. The highest BCUT2D eigenvalue weighted by atomic mass is 19.1. The summed E-state index contributed by atoms with van der Waals surface area (Å²) in [5, 5.41) is 18.5. The molecule has 0 unspecified atom stereocenters. The number of amides is 2. The van der Waals surface area contributed by atoms with Crippen molar-refractivity contribution >= 4 is 22.8 Å². The average molecular weight is 495 g/mol. The van der Waals surface area contributed by atoms with Crippen molar-refractivity contribution in [2.45, 2.75) is 43.9 Å². The summed E-state index contributed by atoms with van der Waals surface area (Å²) in [6.07, 6.45) is 5.89. The lowest BCUT2D eigenvalue weighted by molar-refractivity contribution is -0.144. The van der Waals surface area contributed by atoms with Crippen LogP contribution in [0.4, 0.5) is 4.39 Å². The summed E-state index contributed by atoms with van der Waals surface area (Å²) in [5.74, 6) is -0.701. The third kappa shape index (κ3) is 4.53. The summed E-state index contributed by atoms with van der Waals surface area (Å²) in [5.41, 5.74) is -0.559. The van der Waals surface area contributed by atoms with Crippen LogP contribution in [0, 0.1) is 11.7 Å². The number of benzene rings is 1. The van der Waals surface area contributed by atoms with E-state index in [-0.39, 0.29) is 41.7 Å². The lowest BCUT2D eigenvalue weighted by Gasteiger charge is -2.42. The number of hydrogen-bond donors (Lipinski definition) is 2. The quantitative estimate of drug-likeness (QED) is 0.496. The van der Waals surface area contributed by atoms with Crippen LogP contribution in [0.5, 0.6) is 0 Å². The number of piperidine rings is 1. The van der Waals surface area contributed by atoms with E-state index in [9.17, 15) is 23.9 Å². The monoisotopic (exact) mass is 494 g/mol. The van der Waals surface area contributed by atoms with Crippen LogP contribution in [-0.2, 0) is 16.1 Å². The third-order valence-corrected chi connectivity index (χ3v) is 7.12. The number of halogens is 1. The Balaban J connectivity index is 1.22. The van der Waals surface area contributed by atoms with Gasteiger partial charge in [0.25, 0.3) is 5.56 Å². The van der Waals surface area contributed by atoms with Crippen molar-refractivity contribution in [1.29, 1.82) is 0 Å². The first-order valence-corrected chi connectivity index (χ1v) is 11.9. The molecule has 188 valence electrons. The number of carbonyl (C=O) groups excluding carboxylic acids is 2. The van der Waals surface area contributed by atoms with Crippen LogP contribution in [0.15, 0.2) is 54.2 Å². The Bertz CT molecular complexity index is 1370. The zero-order valence-corrected chi connectivity index (χ0v) is 19.6. The summed E-state index contributed by atoms with van der Waals surface area (Å²) < 4.78 is 16.1. The molecule has 2 fully saturated rings. The van der Waals surface area contributed by atoms with E-state index in [2.05, 4.69) is 22.0 Å². The Morgan fingerprint density at radius 1 is 1.22 bits per heavy atom. The van der Waals surface area contributed by atoms with Gasteiger partial charge < -0.3 is 15.3 Å². The molecule has 0 spiro atoms. The van der Waals surface area contributed by atoms with Crippen molar-refractivity contribution in [2.24, 2.45) is 5.92 Å². The number of carbonyl (C=O) groups is 2. The van der Waals surface area contributed by atoms with Gasteiger partial charge in [0.1, 0.15) is 17.5 Å². The number of hydrogen-bond acceptors (Lipinski definition) is 6. The second-order valence-electron chi connectivity index (χ2n) is 9.58. The molecule has 10 nitrogen and oxygen atoms in total. The van der Waals surface area contributed by atoms with Crippen molar-refractivity contribution in [3.05, 3.63) is 65.6 Å². The number of aromatic nitrogens is 4. The number of aliphatic hydroxyl groups is 1. The molecule has 1 saturated carbocycles. The molecule has 1 aliphatic carbocycles. The second kappa shape index (κ2) is 9.30. The van der Waals surface area contributed by atoms with E-state index >= 15 is 0 Å². The standard InChI is InChI=1S/C25H27FN6O4/c1-2-21(33)29-18-11-16(12-18)23(34)30-9-7-25(36,8-10-30)14-31-15-27-22-20(24(31)35)13-28-32(22)19-5-3-17(26)4-6-19/h2-6,13,15-16,18,36H,1,7-12,14H2,(H,29,33)/t16-,18-. The van der Waals surface area contributed by atoms with Crippen LogP contribution in [0.1, 0.15) is 25.7 Å². The second-order valence-corrected chi connectivity index (χ2v) is 9.58. The Morgan fingerprint density at radius 3 is 2.58 bits per heavy atom. The molecule has 0 radical (unpaired) electrons. The smallest absolute Gasteiger partial charge is 0.264 e. The van der Waals surface area contributed by atoms with Gasteiger partial charge in [-0.1, -0.05) is 6.58 Å². The van der Waals surface area contributed by atoms with E-state index in [4.69, 9.17) is 0 Å². The highest BCUT2D eigenvalue weighted by Gasteiger charge is 2.41. The maximum absolute atomic E-state index is 13.3. The number of nitrogens with one attached hydrogen (secondary N) is 1. The fourth-order valence-electron chi connectivity index (χ4n) is 4.91. The van der Waals surface area contributed by atoms with Gasteiger partial charge in [-0.15, -0.1) is 0 Å². The van der Waals surface area contributed by atoms with E-state index in [1.54, 1.807) is 17.0 Å². The Labute approximate surface area is 206 Å². The molecule has 1 aliphatic heterocycles. The minimum absolute atomic E-state index is 0.00659. The SMILES string of the molecule is C=CC(=O)N[C@H]1C[C@H](C(=O)N2CCC(O)(Cn3cnc4c(cnn4-c4ccc(F)cc4)c3=O)CC2)C1. The Kier molecular flexibility index (Phi) is 6.17. The van der Waals surface area contributed by atoms with Crippen molar-refractivity contribution < 1.29 is 19.1 Å². The molecular formula is C25H27FN6O4. The van der Waals surface area contributed by atoms with Gasteiger partial charge in [0.2, 0.25) is 11.8 Å². The van der Waals surface area contributed by atoms with Crippen molar-refractivity contribution in [3.8, 4) is 5.69 Å². The van der Waals surface area contributed by atoms with Gasteiger partial charge in [-0.05, 0) is 56.0 Å². The predicted molar refractivity (Wildman–Crippen MR) is 129 cm³/mol. The molecule has 1 aromatic carbocycles. The molecule has 0 atom stereocenters. The summed E-state index contributed by atoms with van der Waals surface area (Å²) in [6.45, 7) is 4.26. The number of rotatable bonds is 6. The molecule has 2 amide bonds. The molecule has 36 heavy (non-hydrogen) atoms. The van der Waals surface area contributed by atoms with Crippen LogP contribution in [0.2, 0.25) is 0 Å². The fraction of sp³-hybridized carbons (Fsp3) is 0.400. The summed E-state index contributed by atoms with van der Waals surface area (Å²) in [4.78, 5) is 43.4. The lowest BCUT2D eigenvalue weighted by Crippen LogP contribution is -2.54. The van der Waals surface area contributed by atoms with Crippen LogP contribution in [0.25, 0.3) is 16.7 Å². The topological polar surface area (TPSA) is 122 Å². The first-order chi connectivity index (χ1) is 17.3. The van der Waals surface area contributed by atoms with Crippen LogP contribution < -0.4 is 10.9 Å². The average Bonchev–Trinajstić information content (AvgIpc) is 3.28. The Morgan fingerprint density at radius 2 is 1.92 bits per heavy atom. The number of likely N-dealkylation sites (tertiary alicyclic amines) is 1. The van der Waals surface area contributed by atoms with Crippen LogP contribution >= 0.6 is 0 Å². The molecule has 3 aromatic rings. The fourth-order valence-corrected chi connectivity index (χ4v) is 4.91. The first kappa shape index (κ1) is 23.9. The van der Waals surface area contributed by atoms with Gasteiger partial charge in [-0.2, -0.15) is 5.10 Å². The molecule has 2 aliphatic rings. The minimum atomic E-state index is -1.15. The normalized spacial score (nSPS) is 21.1. The maximum Gasteiger partial charge on any atom is 0.264 e. The zero-order valence-electron chi connectivity index (χ0n) is 19.6. The van der Waals surface area contributed by atoms with Crippen molar-refractivity contribution in [1.82, 2.24) is 29.5 Å². The summed E-state index contributed by atoms with van der Waals surface area (Å²) in [6, 6.07) is 5.70. The number of nitrogens with zero attached hydrogens (tertiary/aromatic N) is 5. The molecule has 3 heterocycles. The zero-order chi connectivity index (χ0) is 25.4. The summed E-state index contributed by atoms with van der Waals surface area (Å²) in [7, 11) is 0.